The van der Waals surface area contributed by atoms with Gasteiger partial charge in [0.05, 0.1) is 12.8 Å². The Hall–Kier alpha value is -3.12. The van der Waals surface area contributed by atoms with Gasteiger partial charge in [-0.3, -0.25) is 4.79 Å². The highest BCUT2D eigenvalue weighted by atomic mass is 35.5. The topological polar surface area (TPSA) is 76.1 Å². The first-order valence-corrected chi connectivity index (χ1v) is 8.65. The minimum Gasteiger partial charge on any atom is -0.495 e. The molecule has 0 unspecified atom stereocenters. The zero-order valence-electron chi connectivity index (χ0n) is 15.2. The first kappa shape index (κ1) is 18.7. The van der Waals surface area contributed by atoms with Gasteiger partial charge < -0.3 is 15.4 Å². The summed E-state index contributed by atoms with van der Waals surface area (Å²) in [4.78, 5) is 20.7. The number of carbonyl (C=O) groups excluding carboxylic acids is 1. The van der Waals surface area contributed by atoms with Gasteiger partial charge in [0.15, 0.2) is 0 Å². The first-order chi connectivity index (χ1) is 13.0. The Balaban J connectivity index is 1.82. The number of carbonyl (C=O) groups is 1. The van der Waals surface area contributed by atoms with Crippen molar-refractivity contribution in [2.24, 2.45) is 0 Å². The highest BCUT2D eigenvalue weighted by molar-refractivity contribution is 6.31. The second-order valence-electron chi connectivity index (χ2n) is 6.04. The minimum absolute atomic E-state index is 0.249. The third-order valence-electron chi connectivity index (χ3n) is 3.92. The zero-order chi connectivity index (χ0) is 19.4. The van der Waals surface area contributed by atoms with Crippen LogP contribution in [0.25, 0.3) is 0 Å². The summed E-state index contributed by atoms with van der Waals surface area (Å²) in [5, 5.41) is 6.58. The van der Waals surface area contributed by atoms with Crippen molar-refractivity contribution < 1.29 is 9.53 Å². The van der Waals surface area contributed by atoms with E-state index in [2.05, 4.69) is 20.6 Å². The highest BCUT2D eigenvalue weighted by Gasteiger charge is 2.12. The number of amides is 1. The van der Waals surface area contributed by atoms with Crippen LogP contribution in [0.3, 0.4) is 0 Å². The fraction of sp³-hybridized carbons (Fsp3) is 0.150. The van der Waals surface area contributed by atoms with Crippen LogP contribution in [0.4, 0.5) is 17.2 Å². The molecule has 0 atom stereocenters. The molecule has 6 nitrogen and oxygen atoms in total. The van der Waals surface area contributed by atoms with Gasteiger partial charge in [-0.2, -0.15) is 0 Å². The number of halogens is 1. The maximum absolute atomic E-state index is 12.5. The number of hydrogen-bond donors (Lipinski definition) is 2. The molecule has 0 fully saturated rings. The van der Waals surface area contributed by atoms with E-state index < -0.39 is 0 Å². The molecule has 1 aromatic heterocycles. The number of hydrogen-bond acceptors (Lipinski definition) is 5. The van der Waals surface area contributed by atoms with Gasteiger partial charge in [-0.15, -0.1) is 0 Å². The number of nitrogens with one attached hydrogen (secondary N) is 2. The molecule has 0 radical (unpaired) electrons. The molecule has 1 heterocycles. The molecule has 0 saturated carbocycles. The van der Waals surface area contributed by atoms with Crippen LogP contribution in [-0.2, 0) is 0 Å². The third kappa shape index (κ3) is 4.54. The van der Waals surface area contributed by atoms with Crippen molar-refractivity contribution in [3.63, 3.8) is 0 Å². The molecule has 2 N–H and O–H groups in total. The molecule has 7 heteroatoms. The largest absolute Gasteiger partial charge is 0.495 e. The average molecular weight is 383 g/mol. The number of ether oxygens (including phenoxy) is 1. The standard InChI is InChI=1S/C20H19ClN4O2/c1-12-5-4-6-14(7-12)24-20(26)17-10-19(23-11-22-17)25-16-8-13(2)15(21)9-18(16)27-3/h4-11H,1-3H3,(H,24,26)(H,22,23,25). The van der Waals surface area contributed by atoms with Crippen LogP contribution in [-0.4, -0.2) is 23.0 Å². The Morgan fingerprint density at radius 1 is 1.11 bits per heavy atom. The SMILES string of the molecule is COc1cc(Cl)c(C)cc1Nc1cc(C(=O)Nc2cccc(C)c2)ncn1. The zero-order valence-corrected chi connectivity index (χ0v) is 16.0. The Morgan fingerprint density at radius 3 is 2.67 bits per heavy atom. The fourth-order valence-corrected chi connectivity index (χ4v) is 2.69. The molecule has 27 heavy (non-hydrogen) atoms. The summed E-state index contributed by atoms with van der Waals surface area (Å²) < 4.78 is 5.35. The summed E-state index contributed by atoms with van der Waals surface area (Å²) in [6.45, 7) is 3.86. The van der Waals surface area contributed by atoms with Crippen LogP contribution in [0, 0.1) is 13.8 Å². The lowest BCUT2D eigenvalue weighted by Crippen LogP contribution is -2.14. The van der Waals surface area contributed by atoms with Crippen molar-refractivity contribution >= 4 is 34.7 Å². The van der Waals surface area contributed by atoms with Gasteiger partial charge in [0.2, 0.25) is 0 Å². The Kier molecular flexibility index (Phi) is 5.57. The number of anilines is 3. The van der Waals surface area contributed by atoms with Gasteiger partial charge in [0, 0.05) is 22.8 Å². The van der Waals surface area contributed by atoms with Crippen LogP contribution in [0.1, 0.15) is 21.6 Å². The number of nitrogens with zero attached hydrogens (tertiary/aromatic N) is 2. The first-order valence-electron chi connectivity index (χ1n) is 8.27. The summed E-state index contributed by atoms with van der Waals surface area (Å²) in [5.41, 5.74) is 3.61. The monoisotopic (exact) mass is 382 g/mol. The van der Waals surface area contributed by atoms with E-state index in [1.54, 1.807) is 19.2 Å². The Labute approximate surface area is 162 Å². The molecule has 0 spiro atoms. The lowest BCUT2D eigenvalue weighted by molar-refractivity contribution is 0.102. The van der Waals surface area contributed by atoms with Crippen LogP contribution < -0.4 is 15.4 Å². The van der Waals surface area contributed by atoms with Crippen molar-refractivity contribution in [3.8, 4) is 5.75 Å². The van der Waals surface area contributed by atoms with Gasteiger partial charge in [0.1, 0.15) is 23.6 Å². The molecule has 0 aliphatic carbocycles. The Bertz CT molecular complexity index is 991. The molecule has 0 aliphatic heterocycles. The van der Waals surface area contributed by atoms with E-state index in [9.17, 15) is 4.79 Å². The summed E-state index contributed by atoms with van der Waals surface area (Å²) in [5.74, 6) is 0.736. The lowest BCUT2D eigenvalue weighted by Gasteiger charge is -2.13. The van der Waals surface area contributed by atoms with Gasteiger partial charge in [-0.25, -0.2) is 9.97 Å². The maximum atomic E-state index is 12.5. The molecular formula is C20H19ClN4O2. The van der Waals surface area contributed by atoms with Crippen molar-refractivity contribution in [2.45, 2.75) is 13.8 Å². The Morgan fingerprint density at radius 2 is 1.93 bits per heavy atom. The second kappa shape index (κ2) is 8.05. The van der Waals surface area contributed by atoms with Gasteiger partial charge in [0.25, 0.3) is 5.91 Å². The van der Waals surface area contributed by atoms with E-state index in [-0.39, 0.29) is 11.6 Å². The molecule has 0 bridgehead atoms. The van der Waals surface area contributed by atoms with Gasteiger partial charge in [-0.1, -0.05) is 23.7 Å². The van der Waals surface area contributed by atoms with Crippen molar-refractivity contribution in [1.29, 1.82) is 0 Å². The number of methoxy groups -OCH3 is 1. The van der Waals surface area contributed by atoms with Crippen LogP contribution in [0.2, 0.25) is 5.02 Å². The predicted molar refractivity (Wildman–Crippen MR) is 107 cm³/mol. The van der Waals surface area contributed by atoms with E-state index in [1.807, 2.05) is 44.2 Å². The smallest absolute Gasteiger partial charge is 0.274 e. The molecule has 3 rings (SSSR count). The summed E-state index contributed by atoms with van der Waals surface area (Å²) >= 11 is 6.14. The summed E-state index contributed by atoms with van der Waals surface area (Å²) in [6.07, 6.45) is 1.34. The molecule has 2 aromatic carbocycles. The predicted octanol–water partition coefficient (Wildman–Crippen LogP) is 4.75. The van der Waals surface area contributed by atoms with Crippen LogP contribution in [0.5, 0.6) is 5.75 Å². The second-order valence-corrected chi connectivity index (χ2v) is 6.45. The van der Waals surface area contributed by atoms with Crippen molar-refractivity contribution in [1.82, 2.24) is 9.97 Å². The minimum atomic E-state index is -0.315. The van der Waals surface area contributed by atoms with Crippen LogP contribution in [0.15, 0.2) is 48.8 Å². The van der Waals surface area contributed by atoms with Crippen molar-refractivity contribution in [2.75, 3.05) is 17.7 Å². The number of benzene rings is 2. The maximum Gasteiger partial charge on any atom is 0.274 e. The van der Waals surface area contributed by atoms with Crippen molar-refractivity contribution in [3.05, 3.63) is 70.6 Å². The van der Waals surface area contributed by atoms with Crippen LogP contribution >= 0.6 is 11.6 Å². The third-order valence-corrected chi connectivity index (χ3v) is 4.33. The molecular weight excluding hydrogens is 364 g/mol. The van der Waals surface area contributed by atoms with E-state index >= 15 is 0 Å². The quantitative estimate of drug-likeness (QED) is 0.665. The molecule has 0 saturated heterocycles. The molecule has 1 amide bonds. The summed E-state index contributed by atoms with van der Waals surface area (Å²) in [6, 6.07) is 12.7. The average Bonchev–Trinajstić information content (AvgIpc) is 2.65. The number of aromatic nitrogens is 2. The van der Waals surface area contributed by atoms with E-state index in [4.69, 9.17) is 16.3 Å². The highest BCUT2D eigenvalue weighted by Crippen LogP contribution is 2.32. The van der Waals surface area contributed by atoms with E-state index in [0.717, 1.165) is 11.1 Å². The van der Waals surface area contributed by atoms with Gasteiger partial charge >= 0.3 is 0 Å². The van der Waals surface area contributed by atoms with E-state index in [1.165, 1.54) is 6.33 Å². The molecule has 138 valence electrons. The number of rotatable bonds is 5. The molecule has 0 aliphatic rings. The normalized spacial score (nSPS) is 10.4. The number of aryl methyl sites for hydroxylation is 2. The van der Waals surface area contributed by atoms with Gasteiger partial charge in [-0.05, 0) is 43.2 Å². The molecule has 3 aromatic rings. The van der Waals surface area contributed by atoms with E-state index in [0.29, 0.717) is 28.0 Å². The summed E-state index contributed by atoms with van der Waals surface area (Å²) in [7, 11) is 1.56. The lowest BCUT2D eigenvalue weighted by atomic mass is 10.2. The fourth-order valence-electron chi connectivity index (χ4n) is 2.54.